The predicted molar refractivity (Wildman–Crippen MR) is 69.8 cm³/mol. The molecule has 3 N–H and O–H groups in total. The minimum Gasteiger partial charge on any atom is -0.330 e. The SMILES string of the molecule is CCCC1(CNS(=O)(=O)N(C)CCCN)CC1. The number of rotatable bonds is 9. The first-order valence-electron chi connectivity index (χ1n) is 6.37. The highest BCUT2D eigenvalue weighted by Crippen LogP contribution is 2.49. The van der Waals surface area contributed by atoms with Gasteiger partial charge in [0.2, 0.25) is 0 Å². The molecule has 0 aromatic rings. The van der Waals surface area contributed by atoms with Gasteiger partial charge < -0.3 is 5.73 Å². The van der Waals surface area contributed by atoms with E-state index in [4.69, 9.17) is 5.73 Å². The van der Waals surface area contributed by atoms with E-state index in [2.05, 4.69) is 11.6 Å². The van der Waals surface area contributed by atoms with Gasteiger partial charge in [0.15, 0.2) is 0 Å². The Morgan fingerprint density at radius 3 is 2.53 bits per heavy atom. The minimum atomic E-state index is -3.32. The fourth-order valence-corrected chi connectivity index (χ4v) is 3.09. The van der Waals surface area contributed by atoms with E-state index in [1.807, 2.05) is 0 Å². The van der Waals surface area contributed by atoms with Crippen molar-refractivity contribution in [3.05, 3.63) is 0 Å². The van der Waals surface area contributed by atoms with Crippen LogP contribution >= 0.6 is 0 Å². The van der Waals surface area contributed by atoms with Crippen LogP contribution in [0.5, 0.6) is 0 Å². The Bertz CT molecular complexity index is 326. The molecule has 0 amide bonds. The van der Waals surface area contributed by atoms with Gasteiger partial charge in [-0.2, -0.15) is 12.7 Å². The van der Waals surface area contributed by atoms with Crippen LogP contribution in [0.3, 0.4) is 0 Å². The summed E-state index contributed by atoms with van der Waals surface area (Å²) >= 11 is 0. The zero-order valence-electron chi connectivity index (χ0n) is 10.9. The van der Waals surface area contributed by atoms with Gasteiger partial charge in [0.25, 0.3) is 10.2 Å². The van der Waals surface area contributed by atoms with Crippen molar-refractivity contribution in [2.45, 2.75) is 39.0 Å². The van der Waals surface area contributed by atoms with Gasteiger partial charge in [-0.05, 0) is 37.6 Å². The van der Waals surface area contributed by atoms with Gasteiger partial charge in [0.1, 0.15) is 0 Å². The highest BCUT2D eigenvalue weighted by atomic mass is 32.2. The van der Waals surface area contributed by atoms with E-state index >= 15 is 0 Å². The summed E-state index contributed by atoms with van der Waals surface area (Å²) in [5.41, 5.74) is 5.62. The molecule has 0 saturated heterocycles. The zero-order valence-corrected chi connectivity index (χ0v) is 11.7. The fraction of sp³-hybridized carbons (Fsp3) is 1.00. The molecule has 1 aliphatic rings. The third kappa shape index (κ3) is 4.54. The highest BCUT2D eigenvalue weighted by Gasteiger charge is 2.42. The quantitative estimate of drug-likeness (QED) is 0.642. The van der Waals surface area contributed by atoms with Gasteiger partial charge in [0, 0.05) is 20.1 Å². The first kappa shape index (κ1) is 14.9. The Kier molecular flexibility index (Phi) is 5.37. The maximum Gasteiger partial charge on any atom is 0.279 e. The van der Waals surface area contributed by atoms with Gasteiger partial charge in [-0.1, -0.05) is 13.3 Å². The van der Waals surface area contributed by atoms with Gasteiger partial charge in [0.05, 0.1) is 0 Å². The number of hydrogen-bond donors (Lipinski definition) is 2. The van der Waals surface area contributed by atoms with Crippen molar-refractivity contribution in [3.63, 3.8) is 0 Å². The highest BCUT2D eigenvalue weighted by molar-refractivity contribution is 7.87. The second kappa shape index (κ2) is 6.13. The van der Waals surface area contributed by atoms with Gasteiger partial charge in [-0.25, -0.2) is 4.72 Å². The Labute approximate surface area is 105 Å². The summed E-state index contributed by atoms with van der Waals surface area (Å²) in [4.78, 5) is 0. The third-order valence-electron chi connectivity index (χ3n) is 3.45. The van der Waals surface area contributed by atoms with E-state index in [0.29, 0.717) is 26.1 Å². The van der Waals surface area contributed by atoms with Crippen LogP contribution in [0.2, 0.25) is 0 Å². The Morgan fingerprint density at radius 2 is 2.06 bits per heavy atom. The fourth-order valence-electron chi connectivity index (χ4n) is 2.01. The van der Waals surface area contributed by atoms with Crippen LogP contribution in [0.15, 0.2) is 0 Å². The second-order valence-electron chi connectivity index (χ2n) is 5.04. The molecule has 0 unspecified atom stereocenters. The van der Waals surface area contributed by atoms with Gasteiger partial charge >= 0.3 is 0 Å². The average Bonchev–Trinajstić information content (AvgIpc) is 3.04. The lowest BCUT2D eigenvalue weighted by atomic mass is 10.0. The predicted octanol–water partition coefficient (Wildman–Crippen LogP) is 0.682. The van der Waals surface area contributed by atoms with Crippen LogP contribution < -0.4 is 10.5 Å². The summed E-state index contributed by atoms with van der Waals surface area (Å²) in [6.07, 6.45) is 5.22. The van der Waals surface area contributed by atoms with Crippen molar-refractivity contribution >= 4 is 10.2 Å². The second-order valence-corrected chi connectivity index (χ2v) is 6.90. The molecular weight excluding hydrogens is 238 g/mol. The molecule has 0 bridgehead atoms. The monoisotopic (exact) mass is 263 g/mol. The standard InChI is InChI=1S/C11H25N3O2S/c1-3-5-11(6-7-11)10-13-17(15,16)14(2)9-4-8-12/h13H,3-10,12H2,1-2H3. The van der Waals surface area contributed by atoms with E-state index in [1.54, 1.807) is 7.05 Å². The average molecular weight is 263 g/mol. The topological polar surface area (TPSA) is 75.4 Å². The lowest BCUT2D eigenvalue weighted by Gasteiger charge is -2.20. The minimum absolute atomic E-state index is 0.247. The van der Waals surface area contributed by atoms with Crippen LogP contribution in [0.4, 0.5) is 0 Å². The van der Waals surface area contributed by atoms with E-state index in [1.165, 1.54) is 4.31 Å². The first-order valence-corrected chi connectivity index (χ1v) is 7.81. The number of hydrogen-bond acceptors (Lipinski definition) is 3. The Balaban J connectivity index is 2.39. The normalized spacial score (nSPS) is 18.6. The van der Waals surface area contributed by atoms with Crippen LogP contribution in [0.1, 0.15) is 39.0 Å². The summed E-state index contributed by atoms with van der Waals surface area (Å²) in [7, 11) is -1.72. The third-order valence-corrected chi connectivity index (χ3v) is 4.97. The molecule has 1 saturated carbocycles. The van der Waals surface area contributed by atoms with Crippen molar-refractivity contribution in [2.24, 2.45) is 11.1 Å². The van der Waals surface area contributed by atoms with Crippen LogP contribution in [0, 0.1) is 5.41 Å². The molecule has 0 aromatic heterocycles. The van der Waals surface area contributed by atoms with Crippen molar-refractivity contribution in [1.29, 1.82) is 0 Å². The zero-order chi connectivity index (χ0) is 12.9. The molecule has 0 heterocycles. The van der Waals surface area contributed by atoms with Crippen LogP contribution in [0.25, 0.3) is 0 Å². The molecule has 1 aliphatic carbocycles. The van der Waals surface area contributed by atoms with E-state index < -0.39 is 10.2 Å². The maximum atomic E-state index is 11.9. The summed E-state index contributed by atoms with van der Waals surface area (Å²) in [5, 5.41) is 0. The molecule has 1 rings (SSSR count). The summed E-state index contributed by atoms with van der Waals surface area (Å²) in [5.74, 6) is 0. The van der Waals surface area contributed by atoms with Crippen LogP contribution in [-0.2, 0) is 10.2 Å². The molecule has 17 heavy (non-hydrogen) atoms. The number of nitrogens with one attached hydrogen (secondary N) is 1. The molecule has 102 valence electrons. The van der Waals surface area contributed by atoms with Gasteiger partial charge in [-0.15, -0.1) is 0 Å². The lowest BCUT2D eigenvalue weighted by molar-refractivity contribution is 0.419. The molecule has 0 radical (unpaired) electrons. The molecular formula is C11H25N3O2S. The van der Waals surface area contributed by atoms with Crippen molar-refractivity contribution < 1.29 is 8.42 Å². The molecule has 0 aromatic carbocycles. The molecule has 1 fully saturated rings. The molecule has 0 aliphatic heterocycles. The summed E-state index contributed by atoms with van der Waals surface area (Å²) in [6, 6.07) is 0. The van der Waals surface area contributed by atoms with E-state index in [9.17, 15) is 8.42 Å². The Hall–Kier alpha value is -0.170. The van der Waals surface area contributed by atoms with Crippen molar-refractivity contribution in [1.82, 2.24) is 9.03 Å². The first-order chi connectivity index (χ1) is 7.96. The number of nitrogens with zero attached hydrogens (tertiary/aromatic N) is 1. The number of nitrogens with two attached hydrogens (primary N) is 1. The molecule has 0 atom stereocenters. The Morgan fingerprint density at radius 1 is 1.41 bits per heavy atom. The molecule has 6 heteroatoms. The summed E-state index contributed by atoms with van der Waals surface area (Å²) in [6.45, 7) is 3.71. The largest absolute Gasteiger partial charge is 0.330 e. The van der Waals surface area contributed by atoms with E-state index in [-0.39, 0.29) is 5.41 Å². The smallest absolute Gasteiger partial charge is 0.279 e. The lowest BCUT2D eigenvalue weighted by Crippen LogP contribution is -2.41. The van der Waals surface area contributed by atoms with Crippen LogP contribution in [-0.4, -0.2) is 39.4 Å². The van der Waals surface area contributed by atoms with Crippen molar-refractivity contribution in [2.75, 3.05) is 26.7 Å². The van der Waals surface area contributed by atoms with E-state index in [0.717, 1.165) is 25.7 Å². The van der Waals surface area contributed by atoms with Gasteiger partial charge in [-0.3, -0.25) is 0 Å². The maximum absolute atomic E-state index is 11.9. The molecule has 5 nitrogen and oxygen atoms in total. The molecule has 0 spiro atoms. The summed E-state index contributed by atoms with van der Waals surface area (Å²) < 4.78 is 27.8. The van der Waals surface area contributed by atoms with Crippen molar-refractivity contribution in [3.8, 4) is 0 Å².